The van der Waals surface area contributed by atoms with Gasteiger partial charge in [0.25, 0.3) is 11.6 Å². The number of carbonyl (C=O) groups is 2. The molecule has 0 bridgehead atoms. The van der Waals surface area contributed by atoms with Crippen molar-refractivity contribution in [3.05, 3.63) is 62.7 Å². The number of carbonyl (C=O) groups excluding carboxylic acids is 2. The van der Waals surface area contributed by atoms with Crippen LogP contribution in [0.3, 0.4) is 0 Å². The van der Waals surface area contributed by atoms with Crippen LogP contribution in [0.2, 0.25) is 0 Å². The number of hydrogen-bond acceptors (Lipinski definition) is 6. The second-order valence-electron chi connectivity index (χ2n) is 8.03. The van der Waals surface area contributed by atoms with Crippen LogP contribution in [0.4, 0.5) is 5.69 Å². The maximum atomic E-state index is 13.1. The normalized spacial score (nSPS) is 12.7. The highest BCUT2D eigenvalue weighted by Crippen LogP contribution is 2.33. The van der Waals surface area contributed by atoms with Gasteiger partial charge in [-0.15, -0.1) is 0 Å². The third-order valence-corrected chi connectivity index (χ3v) is 5.83. The van der Waals surface area contributed by atoms with E-state index in [-0.39, 0.29) is 23.7 Å². The van der Waals surface area contributed by atoms with Gasteiger partial charge in [0, 0.05) is 36.8 Å². The summed E-state index contributed by atoms with van der Waals surface area (Å²) >= 11 is 0. The smallest absolute Gasteiger partial charge is 0.273 e. The summed E-state index contributed by atoms with van der Waals surface area (Å²) in [6, 6.07) is 8.22. The summed E-state index contributed by atoms with van der Waals surface area (Å²) in [5, 5.41) is 11.3. The van der Waals surface area contributed by atoms with Crippen molar-refractivity contribution < 1.29 is 24.0 Å². The second-order valence-corrected chi connectivity index (χ2v) is 8.03. The van der Waals surface area contributed by atoms with Crippen molar-refractivity contribution in [3.63, 3.8) is 0 Å². The minimum Gasteiger partial charge on any atom is -0.493 e. The number of nitrogens with zero attached hydrogens (tertiary/aromatic N) is 3. The molecule has 1 heterocycles. The molecule has 0 aromatic heterocycles. The van der Waals surface area contributed by atoms with Crippen LogP contribution in [0.5, 0.6) is 11.5 Å². The van der Waals surface area contributed by atoms with Crippen molar-refractivity contribution in [1.82, 2.24) is 9.80 Å². The first kappa shape index (κ1) is 24.0. The van der Waals surface area contributed by atoms with Crippen LogP contribution in [-0.2, 0) is 17.8 Å². The molecule has 176 valence electrons. The molecule has 0 radical (unpaired) electrons. The largest absolute Gasteiger partial charge is 0.493 e. The number of nitro groups is 1. The van der Waals surface area contributed by atoms with Gasteiger partial charge < -0.3 is 19.3 Å². The maximum absolute atomic E-state index is 13.1. The summed E-state index contributed by atoms with van der Waals surface area (Å²) in [5.74, 6) is 0.702. The number of methoxy groups -OCH3 is 2. The van der Waals surface area contributed by atoms with Crippen molar-refractivity contribution in [2.24, 2.45) is 0 Å². The molecule has 0 spiro atoms. The fourth-order valence-electron chi connectivity index (χ4n) is 4.00. The molecular weight excluding hydrogens is 426 g/mol. The summed E-state index contributed by atoms with van der Waals surface area (Å²) in [5.41, 5.74) is 2.66. The molecular formula is C24H29N3O6. The number of amides is 2. The molecule has 0 aliphatic carbocycles. The van der Waals surface area contributed by atoms with Gasteiger partial charge in [-0.05, 0) is 49.1 Å². The molecule has 0 saturated carbocycles. The first-order valence-electron chi connectivity index (χ1n) is 10.8. The van der Waals surface area contributed by atoms with Crippen molar-refractivity contribution in [3.8, 4) is 11.5 Å². The standard InChI is InChI=1S/C24H29N3O6/c1-5-9-26(24(29)18-7-6-16(2)20(11-18)27(30)31)15-23(28)25-10-8-17-12-21(32-3)22(33-4)13-19(17)14-25/h6-7,11-13H,5,8-10,14-15H2,1-4H3. The lowest BCUT2D eigenvalue weighted by molar-refractivity contribution is -0.385. The molecule has 1 aliphatic rings. The molecule has 0 fully saturated rings. The Kier molecular flexibility index (Phi) is 7.52. The quantitative estimate of drug-likeness (QED) is 0.447. The average molecular weight is 456 g/mol. The minimum absolute atomic E-state index is 0.0863. The topological polar surface area (TPSA) is 102 Å². The van der Waals surface area contributed by atoms with Gasteiger partial charge in [-0.25, -0.2) is 0 Å². The lowest BCUT2D eigenvalue weighted by atomic mass is 9.98. The Morgan fingerprint density at radius 3 is 2.39 bits per heavy atom. The van der Waals surface area contributed by atoms with Crippen LogP contribution in [0.1, 0.15) is 40.4 Å². The monoisotopic (exact) mass is 455 g/mol. The van der Waals surface area contributed by atoms with Gasteiger partial charge in [-0.2, -0.15) is 0 Å². The summed E-state index contributed by atoms with van der Waals surface area (Å²) in [6.45, 7) is 4.78. The molecule has 0 unspecified atom stereocenters. The van der Waals surface area contributed by atoms with E-state index in [1.54, 1.807) is 38.2 Å². The number of rotatable bonds is 8. The fraction of sp³-hybridized carbons (Fsp3) is 0.417. The number of ether oxygens (including phenoxy) is 2. The van der Waals surface area contributed by atoms with Gasteiger partial charge in [0.2, 0.25) is 5.91 Å². The Hall–Kier alpha value is -3.62. The minimum atomic E-state index is -0.504. The van der Waals surface area contributed by atoms with E-state index < -0.39 is 10.8 Å². The molecule has 9 nitrogen and oxygen atoms in total. The van der Waals surface area contributed by atoms with E-state index in [4.69, 9.17) is 9.47 Å². The van der Waals surface area contributed by atoms with E-state index in [1.807, 2.05) is 19.1 Å². The number of hydrogen-bond donors (Lipinski definition) is 0. The first-order chi connectivity index (χ1) is 15.8. The van der Waals surface area contributed by atoms with Gasteiger partial charge in [-0.1, -0.05) is 13.0 Å². The molecule has 1 aliphatic heterocycles. The number of aryl methyl sites for hydroxylation is 1. The van der Waals surface area contributed by atoms with E-state index in [1.165, 1.54) is 11.0 Å². The maximum Gasteiger partial charge on any atom is 0.273 e. The summed E-state index contributed by atoms with van der Waals surface area (Å²) in [7, 11) is 3.16. The molecule has 2 amide bonds. The predicted molar refractivity (Wildman–Crippen MR) is 123 cm³/mol. The van der Waals surface area contributed by atoms with Crippen LogP contribution in [0.15, 0.2) is 30.3 Å². The molecule has 0 atom stereocenters. The van der Waals surface area contributed by atoms with E-state index in [0.717, 1.165) is 11.1 Å². The highest BCUT2D eigenvalue weighted by molar-refractivity contribution is 5.97. The van der Waals surface area contributed by atoms with Gasteiger partial charge in [0.1, 0.15) is 6.54 Å². The molecule has 3 rings (SSSR count). The van der Waals surface area contributed by atoms with Crippen molar-refractivity contribution >= 4 is 17.5 Å². The van der Waals surface area contributed by atoms with E-state index >= 15 is 0 Å². The fourth-order valence-corrected chi connectivity index (χ4v) is 4.00. The van der Waals surface area contributed by atoms with E-state index in [0.29, 0.717) is 49.5 Å². The molecule has 0 saturated heterocycles. The van der Waals surface area contributed by atoms with E-state index in [9.17, 15) is 19.7 Å². The Labute approximate surface area is 193 Å². The van der Waals surface area contributed by atoms with Crippen molar-refractivity contribution in [2.45, 2.75) is 33.2 Å². The van der Waals surface area contributed by atoms with Crippen LogP contribution in [-0.4, -0.2) is 60.4 Å². The summed E-state index contributed by atoms with van der Waals surface area (Å²) in [4.78, 5) is 40.1. The summed E-state index contributed by atoms with van der Waals surface area (Å²) in [6.07, 6.45) is 1.33. The Balaban J connectivity index is 1.76. The third-order valence-electron chi connectivity index (χ3n) is 5.83. The zero-order valence-electron chi connectivity index (χ0n) is 19.4. The summed E-state index contributed by atoms with van der Waals surface area (Å²) < 4.78 is 10.7. The van der Waals surface area contributed by atoms with E-state index in [2.05, 4.69) is 0 Å². The van der Waals surface area contributed by atoms with Crippen molar-refractivity contribution in [1.29, 1.82) is 0 Å². The highest BCUT2D eigenvalue weighted by atomic mass is 16.6. The first-order valence-corrected chi connectivity index (χ1v) is 10.8. The van der Waals surface area contributed by atoms with Crippen LogP contribution >= 0.6 is 0 Å². The molecule has 2 aromatic rings. The van der Waals surface area contributed by atoms with Crippen LogP contribution in [0.25, 0.3) is 0 Å². The van der Waals surface area contributed by atoms with Gasteiger partial charge >= 0.3 is 0 Å². The van der Waals surface area contributed by atoms with Crippen LogP contribution < -0.4 is 9.47 Å². The Morgan fingerprint density at radius 1 is 1.12 bits per heavy atom. The Morgan fingerprint density at radius 2 is 1.79 bits per heavy atom. The molecule has 2 aromatic carbocycles. The van der Waals surface area contributed by atoms with Gasteiger partial charge in [-0.3, -0.25) is 19.7 Å². The second kappa shape index (κ2) is 10.3. The third kappa shape index (κ3) is 5.24. The van der Waals surface area contributed by atoms with Gasteiger partial charge in [0.05, 0.1) is 19.1 Å². The number of fused-ring (bicyclic) bond motifs is 1. The van der Waals surface area contributed by atoms with Gasteiger partial charge in [0.15, 0.2) is 11.5 Å². The zero-order valence-corrected chi connectivity index (χ0v) is 19.4. The highest BCUT2D eigenvalue weighted by Gasteiger charge is 2.27. The molecule has 0 N–H and O–H groups in total. The lowest BCUT2D eigenvalue weighted by Gasteiger charge is -2.32. The molecule has 9 heteroatoms. The lowest BCUT2D eigenvalue weighted by Crippen LogP contribution is -2.45. The number of benzene rings is 2. The zero-order chi connectivity index (χ0) is 24.1. The molecule has 33 heavy (non-hydrogen) atoms. The Bertz CT molecular complexity index is 1070. The average Bonchev–Trinajstić information content (AvgIpc) is 2.81. The van der Waals surface area contributed by atoms with Crippen molar-refractivity contribution in [2.75, 3.05) is 33.9 Å². The number of nitro benzene ring substituents is 1. The predicted octanol–water partition coefficient (Wildman–Crippen LogP) is 3.36. The van der Waals surface area contributed by atoms with Crippen LogP contribution in [0, 0.1) is 17.0 Å². The SMILES string of the molecule is CCCN(CC(=O)N1CCc2cc(OC)c(OC)cc2C1)C(=O)c1ccc(C)c([N+](=O)[O-])c1.